The zero-order chi connectivity index (χ0) is 10.3. The van der Waals surface area contributed by atoms with E-state index in [0.29, 0.717) is 5.69 Å². The number of anilines is 1. The Hall–Kier alpha value is -1.27. The fourth-order valence-electron chi connectivity index (χ4n) is 1.40. The number of nitrogen functional groups attached to an aromatic ring is 1. The molecule has 0 radical (unpaired) electrons. The molecule has 0 aliphatic heterocycles. The van der Waals surface area contributed by atoms with Crippen molar-refractivity contribution >= 4 is 5.82 Å². The minimum absolute atomic E-state index is 0.118. The molecule has 1 aliphatic rings. The van der Waals surface area contributed by atoms with Gasteiger partial charge < -0.3 is 5.73 Å². The molecule has 2 N–H and O–H groups in total. The van der Waals surface area contributed by atoms with Crippen molar-refractivity contribution in [2.24, 2.45) is 0 Å². The molecule has 2 rings (SSSR count). The summed E-state index contributed by atoms with van der Waals surface area (Å²) >= 11 is 0. The first kappa shape index (κ1) is 9.29. The maximum absolute atomic E-state index is 12.1. The summed E-state index contributed by atoms with van der Waals surface area (Å²) in [7, 11) is 0. The second-order valence-electron chi connectivity index (χ2n) is 3.41. The van der Waals surface area contributed by atoms with Crippen LogP contribution in [0.1, 0.15) is 24.5 Å². The molecule has 1 aromatic rings. The fraction of sp³-hybridized carbons (Fsp3) is 0.714. The third-order valence-electron chi connectivity index (χ3n) is 2.09. The fourth-order valence-corrected chi connectivity index (χ4v) is 1.40. The van der Waals surface area contributed by atoms with Gasteiger partial charge in [0.15, 0.2) is 5.82 Å². The average Bonchev–Trinajstić information content (AvgIpc) is 2.77. The Morgan fingerprint density at radius 3 is 2.57 bits per heavy atom. The SMILES string of the molecule is Nc1nnn(CC(F)(F)F)c1C1CC1. The van der Waals surface area contributed by atoms with Gasteiger partial charge in [-0.25, -0.2) is 4.68 Å². The highest BCUT2D eigenvalue weighted by molar-refractivity contribution is 5.38. The molecule has 7 heteroatoms. The number of rotatable bonds is 2. The van der Waals surface area contributed by atoms with Gasteiger partial charge in [0.05, 0.1) is 5.69 Å². The molecule has 0 amide bonds. The normalized spacial score (nSPS) is 17.4. The first-order valence-electron chi connectivity index (χ1n) is 4.23. The summed E-state index contributed by atoms with van der Waals surface area (Å²) in [6, 6.07) is 0. The summed E-state index contributed by atoms with van der Waals surface area (Å²) in [5.74, 6) is 0.240. The molecule has 14 heavy (non-hydrogen) atoms. The monoisotopic (exact) mass is 206 g/mol. The number of aromatic nitrogens is 3. The Labute approximate surface area is 77.9 Å². The second kappa shape index (κ2) is 2.86. The quantitative estimate of drug-likeness (QED) is 0.793. The summed E-state index contributed by atoms with van der Waals surface area (Å²) in [6.07, 6.45) is -2.53. The van der Waals surface area contributed by atoms with E-state index in [4.69, 9.17) is 5.73 Å². The van der Waals surface area contributed by atoms with Gasteiger partial charge in [0.25, 0.3) is 0 Å². The Morgan fingerprint density at radius 1 is 1.43 bits per heavy atom. The summed E-state index contributed by atoms with van der Waals surface area (Å²) in [6.45, 7) is -1.11. The van der Waals surface area contributed by atoms with Gasteiger partial charge in [-0.15, -0.1) is 5.10 Å². The molecular formula is C7H9F3N4. The zero-order valence-corrected chi connectivity index (χ0v) is 7.25. The molecule has 78 valence electrons. The molecule has 0 atom stereocenters. The lowest BCUT2D eigenvalue weighted by Crippen LogP contribution is -2.20. The maximum atomic E-state index is 12.1. The van der Waals surface area contributed by atoms with Crippen LogP contribution in [0.4, 0.5) is 19.0 Å². The number of hydrogen-bond acceptors (Lipinski definition) is 3. The van der Waals surface area contributed by atoms with Crippen LogP contribution in [0.5, 0.6) is 0 Å². The summed E-state index contributed by atoms with van der Waals surface area (Å²) < 4.78 is 37.1. The van der Waals surface area contributed by atoms with Crippen LogP contribution in [-0.4, -0.2) is 21.2 Å². The van der Waals surface area contributed by atoms with Crippen LogP contribution in [0, 0.1) is 0 Å². The van der Waals surface area contributed by atoms with E-state index in [2.05, 4.69) is 10.3 Å². The van der Waals surface area contributed by atoms with E-state index in [1.165, 1.54) is 0 Å². The Bertz CT molecular complexity index is 339. The van der Waals surface area contributed by atoms with Gasteiger partial charge in [0.2, 0.25) is 0 Å². The van der Waals surface area contributed by atoms with Crippen molar-refractivity contribution in [2.75, 3.05) is 5.73 Å². The van der Waals surface area contributed by atoms with E-state index < -0.39 is 12.7 Å². The highest BCUT2D eigenvalue weighted by Gasteiger charge is 2.35. The molecule has 1 heterocycles. The first-order chi connectivity index (χ1) is 6.47. The van der Waals surface area contributed by atoms with Gasteiger partial charge >= 0.3 is 6.18 Å². The minimum Gasteiger partial charge on any atom is -0.381 e. The topological polar surface area (TPSA) is 56.7 Å². The van der Waals surface area contributed by atoms with E-state index in [9.17, 15) is 13.2 Å². The molecule has 1 fully saturated rings. The number of alkyl halides is 3. The van der Waals surface area contributed by atoms with Crippen LogP contribution < -0.4 is 5.73 Å². The summed E-state index contributed by atoms with van der Waals surface area (Å²) in [5.41, 5.74) is 5.87. The molecule has 0 spiro atoms. The van der Waals surface area contributed by atoms with E-state index in [1.807, 2.05) is 0 Å². The zero-order valence-electron chi connectivity index (χ0n) is 7.25. The van der Waals surface area contributed by atoms with Crippen LogP contribution in [0.15, 0.2) is 0 Å². The van der Waals surface area contributed by atoms with Gasteiger partial charge in [0.1, 0.15) is 6.54 Å². The first-order valence-corrected chi connectivity index (χ1v) is 4.23. The Balaban J connectivity index is 2.24. The lowest BCUT2D eigenvalue weighted by molar-refractivity contribution is -0.143. The van der Waals surface area contributed by atoms with Gasteiger partial charge in [-0.1, -0.05) is 5.21 Å². The van der Waals surface area contributed by atoms with Crippen molar-refractivity contribution in [1.82, 2.24) is 15.0 Å². The highest BCUT2D eigenvalue weighted by atomic mass is 19.4. The second-order valence-corrected chi connectivity index (χ2v) is 3.41. The van der Waals surface area contributed by atoms with Crippen molar-refractivity contribution in [2.45, 2.75) is 31.5 Å². The summed E-state index contributed by atoms with van der Waals surface area (Å²) in [4.78, 5) is 0. The molecule has 1 aliphatic carbocycles. The highest BCUT2D eigenvalue weighted by Crippen LogP contribution is 2.42. The molecule has 0 aromatic carbocycles. The molecule has 4 nitrogen and oxygen atoms in total. The number of hydrogen-bond donors (Lipinski definition) is 1. The van der Waals surface area contributed by atoms with E-state index >= 15 is 0 Å². The number of nitrogens with two attached hydrogens (primary N) is 1. The van der Waals surface area contributed by atoms with Crippen LogP contribution in [0.2, 0.25) is 0 Å². The lowest BCUT2D eigenvalue weighted by atomic mass is 10.3. The van der Waals surface area contributed by atoms with Gasteiger partial charge in [-0.3, -0.25) is 0 Å². The van der Waals surface area contributed by atoms with Crippen LogP contribution in [0.25, 0.3) is 0 Å². The Morgan fingerprint density at radius 2 is 2.07 bits per heavy atom. The number of nitrogens with zero attached hydrogens (tertiary/aromatic N) is 3. The third-order valence-corrected chi connectivity index (χ3v) is 2.09. The molecule has 0 saturated heterocycles. The smallest absolute Gasteiger partial charge is 0.381 e. The average molecular weight is 206 g/mol. The van der Waals surface area contributed by atoms with Crippen molar-refractivity contribution in [3.8, 4) is 0 Å². The largest absolute Gasteiger partial charge is 0.408 e. The van der Waals surface area contributed by atoms with E-state index in [0.717, 1.165) is 17.5 Å². The molecular weight excluding hydrogens is 197 g/mol. The Kier molecular flexibility index (Phi) is 1.90. The molecule has 0 unspecified atom stereocenters. The third kappa shape index (κ3) is 1.80. The maximum Gasteiger partial charge on any atom is 0.408 e. The number of halogens is 3. The van der Waals surface area contributed by atoms with E-state index in [1.54, 1.807) is 0 Å². The van der Waals surface area contributed by atoms with E-state index in [-0.39, 0.29) is 11.7 Å². The van der Waals surface area contributed by atoms with Crippen molar-refractivity contribution < 1.29 is 13.2 Å². The van der Waals surface area contributed by atoms with Gasteiger partial charge in [-0.2, -0.15) is 13.2 Å². The minimum atomic E-state index is -4.27. The van der Waals surface area contributed by atoms with Crippen LogP contribution >= 0.6 is 0 Å². The molecule has 1 aromatic heterocycles. The lowest BCUT2D eigenvalue weighted by Gasteiger charge is -2.08. The standard InChI is InChI=1S/C7H9F3N4/c8-7(9,10)3-14-5(4-1-2-4)6(11)12-13-14/h4H,1-3,11H2. The predicted molar refractivity (Wildman–Crippen MR) is 42.5 cm³/mol. The van der Waals surface area contributed by atoms with Crippen molar-refractivity contribution in [1.29, 1.82) is 0 Å². The summed E-state index contributed by atoms with van der Waals surface area (Å²) in [5, 5.41) is 6.84. The van der Waals surface area contributed by atoms with Crippen LogP contribution in [0.3, 0.4) is 0 Å². The van der Waals surface area contributed by atoms with Gasteiger partial charge in [-0.05, 0) is 12.8 Å². The van der Waals surface area contributed by atoms with Gasteiger partial charge in [0, 0.05) is 5.92 Å². The van der Waals surface area contributed by atoms with Crippen molar-refractivity contribution in [3.05, 3.63) is 5.69 Å². The van der Waals surface area contributed by atoms with Crippen LogP contribution in [-0.2, 0) is 6.54 Å². The molecule has 0 bridgehead atoms. The molecule has 1 saturated carbocycles. The van der Waals surface area contributed by atoms with Crippen molar-refractivity contribution in [3.63, 3.8) is 0 Å². The predicted octanol–water partition coefficient (Wildman–Crippen LogP) is 1.30.